The Labute approximate surface area is 151 Å². The van der Waals surface area contributed by atoms with Crippen LogP contribution in [-0.4, -0.2) is 49.6 Å². The van der Waals surface area contributed by atoms with Gasteiger partial charge in [-0.05, 0) is 42.0 Å². The van der Waals surface area contributed by atoms with Crippen LogP contribution < -0.4 is 5.32 Å². The van der Waals surface area contributed by atoms with Gasteiger partial charge in [-0.25, -0.2) is 4.68 Å². The zero-order valence-electron chi connectivity index (χ0n) is 15.0. The number of nitrogens with one attached hydrogen (secondary N) is 1. The van der Waals surface area contributed by atoms with E-state index in [-0.39, 0.29) is 12.3 Å². The summed E-state index contributed by atoms with van der Waals surface area (Å²) >= 11 is 0. The molecule has 2 aromatic heterocycles. The highest BCUT2D eigenvalue weighted by atomic mass is 16.5. The Morgan fingerprint density at radius 1 is 1.23 bits per heavy atom. The summed E-state index contributed by atoms with van der Waals surface area (Å²) in [6.07, 6.45) is 1.80. The number of hydrogen-bond donors (Lipinski definition) is 1. The number of hydrogen-bond acceptors (Lipinski definition) is 6. The maximum absolute atomic E-state index is 12.4. The number of carbonyl (C=O) groups excluding carboxylic acids is 1. The van der Waals surface area contributed by atoms with E-state index in [1.165, 1.54) is 6.33 Å². The smallest absolute Gasteiger partial charge is 0.228 e. The van der Waals surface area contributed by atoms with Crippen LogP contribution in [0.2, 0.25) is 0 Å². The second kappa shape index (κ2) is 7.87. The number of benzene rings is 1. The largest absolute Gasteiger partial charge is 0.383 e. The maximum atomic E-state index is 12.4. The molecule has 9 heteroatoms. The third-order valence-corrected chi connectivity index (χ3v) is 4.07. The molecule has 0 saturated heterocycles. The number of nitrogens with zero attached hydrogens (tertiary/aromatic N) is 6. The van der Waals surface area contributed by atoms with Crippen LogP contribution in [0, 0.1) is 13.8 Å². The predicted octanol–water partition coefficient (Wildman–Crippen LogP) is 1.30. The average molecular weight is 355 g/mol. The lowest BCUT2D eigenvalue weighted by Crippen LogP contribution is -2.16. The number of carbonyl (C=O) groups is 1. The van der Waals surface area contributed by atoms with Crippen molar-refractivity contribution in [3.63, 3.8) is 0 Å². The summed E-state index contributed by atoms with van der Waals surface area (Å²) in [6.45, 7) is 5.04. The van der Waals surface area contributed by atoms with Crippen LogP contribution in [0.4, 0.5) is 5.69 Å². The molecule has 1 aromatic carbocycles. The van der Waals surface area contributed by atoms with E-state index in [2.05, 4.69) is 25.9 Å². The fraction of sp³-hybridized carbons (Fsp3) is 0.353. The zero-order valence-corrected chi connectivity index (χ0v) is 15.0. The number of rotatable bonds is 7. The van der Waals surface area contributed by atoms with Gasteiger partial charge in [0.25, 0.3) is 0 Å². The van der Waals surface area contributed by atoms with Gasteiger partial charge in [0, 0.05) is 7.11 Å². The lowest BCUT2D eigenvalue weighted by molar-refractivity contribution is -0.115. The van der Waals surface area contributed by atoms with Crippen molar-refractivity contribution in [3.8, 4) is 5.69 Å². The van der Waals surface area contributed by atoms with Gasteiger partial charge in [-0.3, -0.25) is 9.48 Å². The number of methoxy groups -OCH3 is 1. The molecule has 1 amide bonds. The van der Waals surface area contributed by atoms with Gasteiger partial charge in [-0.15, -0.1) is 5.10 Å². The van der Waals surface area contributed by atoms with Gasteiger partial charge >= 0.3 is 0 Å². The van der Waals surface area contributed by atoms with Crippen LogP contribution in [0.15, 0.2) is 30.6 Å². The van der Waals surface area contributed by atoms with Crippen LogP contribution >= 0.6 is 0 Å². The molecule has 0 fully saturated rings. The maximum Gasteiger partial charge on any atom is 0.228 e. The van der Waals surface area contributed by atoms with Crippen LogP contribution in [-0.2, 0) is 22.5 Å². The second-order valence-corrected chi connectivity index (χ2v) is 5.91. The summed E-state index contributed by atoms with van der Waals surface area (Å²) in [5, 5.41) is 18.5. The quantitative estimate of drug-likeness (QED) is 0.686. The molecule has 0 unspecified atom stereocenters. The molecule has 2 heterocycles. The van der Waals surface area contributed by atoms with Crippen molar-refractivity contribution in [2.45, 2.75) is 26.8 Å². The highest BCUT2D eigenvalue weighted by Crippen LogP contribution is 2.20. The van der Waals surface area contributed by atoms with Crippen LogP contribution in [0.3, 0.4) is 0 Å². The fourth-order valence-electron chi connectivity index (χ4n) is 2.69. The SMILES string of the molecule is COCCn1nc(C)c(NC(=O)Cc2ccc(-n3cnnn3)cc2)c1C. The Morgan fingerprint density at radius 3 is 2.65 bits per heavy atom. The normalized spacial score (nSPS) is 10.9. The Morgan fingerprint density at radius 2 is 2.00 bits per heavy atom. The van der Waals surface area contributed by atoms with Gasteiger partial charge in [-0.2, -0.15) is 5.10 Å². The second-order valence-electron chi connectivity index (χ2n) is 5.91. The van der Waals surface area contributed by atoms with Crippen molar-refractivity contribution in [1.29, 1.82) is 0 Å². The highest BCUT2D eigenvalue weighted by Gasteiger charge is 2.14. The Balaban J connectivity index is 1.65. The number of aryl methyl sites for hydroxylation is 1. The number of anilines is 1. The van der Waals surface area contributed by atoms with Crippen molar-refractivity contribution in [2.75, 3.05) is 19.0 Å². The minimum atomic E-state index is -0.0855. The molecular weight excluding hydrogens is 334 g/mol. The molecule has 3 rings (SSSR count). The van der Waals surface area contributed by atoms with E-state index in [9.17, 15) is 4.79 Å². The van der Waals surface area contributed by atoms with E-state index in [0.29, 0.717) is 13.2 Å². The van der Waals surface area contributed by atoms with E-state index in [4.69, 9.17) is 4.74 Å². The lowest BCUT2D eigenvalue weighted by Gasteiger charge is -2.07. The summed E-state index contributed by atoms with van der Waals surface area (Å²) in [5.41, 5.74) is 4.21. The Bertz CT molecular complexity index is 869. The van der Waals surface area contributed by atoms with Gasteiger partial charge in [0.1, 0.15) is 6.33 Å². The number of ether oxygens (including phenoxy) is 1. The van der Waals surface area contributed by atoms with E-state index >= 15 is 0 Å². The van der Waals surface area contributed by atoms with Gasteiger partial charge in [0.05, 0.1) is 42.3 Å². The van der Waals surface area contributed by atoms with Crippen molar-refractivity contribution in [3.05, 3.63) is 47.5 Å². The summed E-state index contributed by atoms with van der Waals surface area (Å²) in [6, 6.07) is 7.52. The Hall–Kier alpha value is -3.07. The van der Waals surface area contributed by atoms with Crippen molar-refractivity contribution >= 4 is 11.6 Å². The molecule has 0 bridgehead atoms. The first kappa shape index (κ1) is 17.7. The fourth-order valence-corrected chi connectivity index (χ4v) is 2.69. The minimum absolute atomic E-state index is 0.0855. The van der Waals surface area contributed by atoms with E-state index in [0.717, 1.165) is 28.3 Å². The number of amides is 1. The molecule has 3 aromatic rings. The molecule has 0 radical (unpaired) electrons. The van der Waals surface area contributed by atoms with Crippen LogP contribution in [0.1, 0.15) is 17.0 Å². The van der Waals surface area contributed by atoms with E-state index < -0.39 is 0 Å². The highest BCUT2D eigenvalue weighted by molar-refractivity contribution is 5.93. The van der Waals surface area contributed by atoms with Crippen molar-refractivity contribution < 1.29 is 9.53 Å². The first-order chi connectivity index (χ1) is 12.6. The summed E-state index contributed by atoms with van der Waals surface area (Å²) < 4.78 is 8.49. The molecule has 136 valence electrons. The summed E-state index contributed by atoms with van der Waals surface area (Å²) in [5.74, 6) is -0.0855. The van der Waals surface area contributed by atoms with Crippen molar-refractivity contribution in [2.24, 2.45) is 0 Å². The summed E-state index contributed by atoms with van der Waals surface area (Å²) in [7, 11) is 1.65. The van der Waals surface area contributed by atoms with Crippen molar-refractivity contribution in [1.82, 2.24) is 30.0 Å². The van der Waals surface area contributed by atoms with Crippen LogP contribution in [0.5, 0.6) is 0 Å². The molecule has 0 aliphatic heterocycles. The standard InChI is InChI=1S/C17H21N7O2/c1-12-17(13(2)23(20-12)8-9-26-3)19-16(25)10-14-4-6-15(7-5-14)24-11-18-21-22-24/h4-7,11H,8-10H2,1-3H3,(H,19,25). The van der Waals surface area contributed by atoms with Gasteiger partial charge in [-0.1, -0.05) is 12.1 Å². The van der Waals surface area contributed by atoms with E-state index in [1.54, 1.807) is 11.8 Å². The number of aromatic nitrogens is 6. The minimum Gasteiger partial charge on any atom is -0.383 e. The molecule has 26 heavy (non-hydrogen) atoms. The molecular formula is C17H21N7O2. The topological polar surface area (TPSA) is 99.8 Å². The van der Waals surface area contributed by atoms with Gasteiger partial charge < -0.3 is 10.1 Å². The molecule has 0 saturated carbocycles. The zero-order chi connectivity index (χ0) is 18.5. The summed E-state index contributed by atoms with van der Waals surface area (Å²) in [4.78, 5) is 12.4. The predicted molar refractivity (Wildman–Crippen MR) is 95.1 cm³/mol. The molecule has 1 N–H and O–H groups in total. The Kier molecular flexibility index (Phi) is 5.37. The molecule has 0 aliphatic rings. The van der Waals surface area contributed by atoms with Gasteiger partial charge in [0.15, 0.2) is 0 Å². The lowest BCUT2D eigenvalue weighted by atomic mass is 10.1. The third kappa shape index (κ3) is 3.94. The monoisotopic (exact) mass is 355 g/mol. The van der Waals surface area contributed by atoms with Gasteiger partial charge in [0.2, 0.25) is 5.91 Å². The first-order valence-electron chi connectivity index (χ1n) is 8.23. The molecule has 9 nitrogen and oxygen atoms in total. The number of tetrazole rings is 1. The first-order valence-corrected chi connectivity index (χ1v) is 8.23. The van der Waals surface area contributed by atoms with Crippen LogP contribution in [0.25, 0.3) is 5.69 Å². The third-order valence-electron chi connectivity index (χ3n) is 4.07. The van der Waals surface area contributed by atoms with E-state index in [1.807, 2.05) is 42.8 Å². The molecule has 0 aliphatic carbocycles. The average Bonchev–Trinajstić information content (AvgIpc) is 3.25. The molecule has 0 atom stereocenters. The molecule has 0 spiro atoms.